The van der Waals surface area contributed by atoms with Gasteiger partial charge in [-0.05, 0) is 70.5 Å². The van der Waals surface area contributed by atoms with Gasteiger partial charge in [0.1, 0.15) is 17.0 Å². The van der Waals surface area contributed by atoms with Gasteiger partial charge in [-0.15, -0.1) is 0 Å². The first-order chi connectivity index (χ1) is 14.1. The molecule has 0 bridgehead atoms. The Morgan fingerprint density at radius 3 is 2.66 bits per heavy atom. The van der Waals surface area contributed by atoms with Gasteiger partial charge in [-0.1, -0.05) is 6.07 Å². The fraction of sp³-hybridized carbons (Fsp3) is 0.0909. The fourth-order valence-corrected chi connectivity index (χ4v) is 3.44. The van der Waals surface area contributed by atoms with E-state index in [1.165, 1.54) is 0 Å². The Bertz CT molecular complexity index is 1200. The molecule has 0 spiro atoms. The zero-order valence-corrected chi connectivity index (χ0v) is 17.3. The lowest BCUT2D eigenvalue weighted by Crippen LogP contribution is -2.11. The van der Waals surface area contributed by atoms with Crippen molar-refractivity contribution in [1.82, 2.24) is 4.98 Å². The number of rotatable bonds is 5. The first-order valence-corrected chi connectivity index (χ1v) is 9.56. The van der Waals surface area contributed by atoms with E-state index in [-0.39, 0.29) is 5.91 Å². The molecule has 0 unspecified atom stereocenters. The maximum atomic E-state index is 12.5. The summed E-state index contributed by atoms with van der Waals surface area (Å²) in [5.41, 5.74) is 3.23. The van der Waals surface area contributed by atoms with Crippen molar-refractivity contribution in [3.05, 3.63) is 70.7 Å². The number of ether oxygens (including phenoxy) is 2. The van der Waals surface area contributed by atoms with Gasteiger partial charge in [0.05, 0.1) is 18.7 Å². The predicted molar refractivity (Wildman–Crippen MR) is 115 cm³/mol. The molecule has 0 saturated heterocycles. The van der Waals surface area contributed by atoms with Crippen molar-refractivity contribution >= 4 is 38.6 Å². The third-order valence-electron chi connectivity index (χ3n) is 4.38. The first-order valence-electron chi connectivity index (χ1n) is 8.77. The Balaban J connectivity index is 1.60. The normalized spacial score (nSPS) is 10.7. The van der Waals surface area contributed by atoms with Gasteiger partial charge in [0.15, 0.2) is 5.58 Å². The summed E-state index contributed by atoms with van der Waals surface area (Å²) in [5.74, 6) is 1.61. The number of nitrogens with zero attached hydrogens (tertiary/aromatic N) is 1. The van der Waals surface area contributed by atoms with E-state index in [2.05, 4.69) is 26.2 Å². The lowest BCUT2D eigenvalue weighted by Gasteiger charge is -2.06. The lowest BCUT2D eigenvalue weighted by atomic mass is 10.2. The minimum atomic E-state index is -0.231. The molecule has 0 atom stereocenters. The highest BCUT2D eigenvalue weighted by atomic mass is 79.9. The summed E-state index contributed by atoms with van der Waals surface area (Å²) in [6, 6.07) is 17.9. The summed E-state index contributed by atoms with van der Waals surface area (Å²) < 4.78 is 17.1. The molecule has 6 nitrogen and oxygen atoms in total. The average molecular weight is 453 g/mol. The van der Waals surface area contributed by atoms with Gasteiger partial charge in [0.25, 0.3) is 5.91 Å². The number of carbonyl (C=O) groups is 1. The van der Waals surface area contributed by atoms with Crippen molar-refractivity contribution < 1.29 is 18.7 Å². The molecule has 29 heavy (non-hydrogen) atoms. The second-order valence-electron chi connectivity index (χ2n) is 6.24. The molecule has 0 aliphatic carbocycles. The van der Waals surface area contributed by atoms with E-state index >= 15 is 0 Å². The van der Waals surface area contributed by atoms with E-state index in [1.807, 2.05) is 18.2 Å². The molecule has 0 saturated carbocycles. The van der Waals surface area contributed by atoms with E-state index in [4.69, 9.17) is 13.9 Å². The van der Waals surface area contributed by atoms with Crippen LogP contribution < -0.4 is 14.8 Å². The molecule has 1 amide bonds. The molecular formula is C22H17BrN2O4. The number of benzene rings is 3. The minimum absolute atomic E-state index is 0.231. The Morgan fingerprint density at radius 2 is 1.90 bits per heavy atom. The molecule has 7 heteroatoms. The van der Waals surface area contributed by atoms with Crippen LogP contribution in [0.3, 0.4) is 0 Å². The fourth-order valence-electron chi connectivity index (χ4n) is 2.90. The molecule has 146 valence electrons. The van der Waals surface area contributed by atoms with Gasteiger partial charge in [-0.25, -0.2) is 4.98 Å². The number of carbonyl (C=O) groups excluding carboxylic acids is 1. The van der Waals surface area contributed by atoms with Crippen molar-refractivity contribution in [2.24, 2.45) is 0 Å². The SMILES string of the molecule is COc1cccc(C(=O)Nc2ccc3oc(-c4ccc(OC)c(Br)c4)nc3c2)c1. The number of anilines is 1. The zero-order valence-electron chi connectivity index (χ0n) is 15.7. The summed E-state index contributed by atoms with van der Waals surface area (Å²) in [5, 5.41) is 2.87. The van der Waals surface area contributed by atoms with Crippen LogP contribution in [0.2, 0.25) is 0 Å². The molecule has 4 aromatic rings. The largest absolute Gasteiger partial charge is 0.497 e. The van der Waals surface area contributed by atoms with E-state index in [9.17, 15) is 4.79 Å². The van der Waals surface area contributed by atoms with Crippen LogP contribution in [0.25, 0.3) is 22.6 Å². The number of oxazole rings is 1. The summed E-state index contributed by atoms with van der Waals surface area (Å²) in [6.07, 6.45) is 0. The number of aromatic nitrogens is 1. The number of fused-ring (bicyclic) bond motifs is 1. The van der Waals surface area contributed by atoms with Gasteiger partial charge in [-0.2, -0.15) is 0 Å². The summed E-state index contributed by atoms with van der Waals surface area (Å²) in [4.78, 5) is 17.1. The van der Waals surface area contributed by atoms with Crippen molar-refractivity contribution in [3.63, 3.8) is 0 Å². The Kier molecular flexibility index (Phi) is 5.22. The van der Waals surface area contributed by atoms with Gasteiger partial charge in [0.2, 0.25) is 5.89 Å². The molecule has 3 aromatic carbocycles. The van der Waals surface area contributed by atoms with Crippen LogP contribution in [0.4, 0.5) is 5.69 Å². The number of hydrogen-bond donors (Lipinski definition) is 1. The van der Waals surface area contributed by atoms with Crippen molar-refractivity contribution in [1.29, 1.82) is 0 Å². The van der Waals surface area contributed by atoms with Crippen molar-refractivity contribution in [2.75, 3.05) is 19.5 Å². The van der Waals surface area contributed by atoms with Crippen LogP contribution in [0.1, 0.15) is 10.4 Å². The number of methoxy groups -OCH3 is 2. The Hall–Kier alpha value is -3.32. The molecule has 1 aromatic heterocycles. The minimum Gasteiger partial charge on any atom is -0.497 e. The average Bonchev–Trinajstić information content (AvgIpc) is 3.17. The van der Waals surface area contributed by atoms with Gasteiger partial charge in [-0.3, -0.25) is 4.79 Å². The van der Waals surface area contributed by atoms with E-state index in [0.717, 1.165) is 15.8 Å². The van der Waals surface area contributed by atoms with Crippen LogP contribution in [0.5, 0.6) is 11.5 Å². The third-order valence-corrected chi connectivity index (χ3v) is 5.00. The Morgan fingerprint density at radius 1 is 1.03 bits per heavy atom. The molecule has 0 aliphatic rings. The highest BCUT2D eigenvalue weighted by Gasteiger charge is 2.13. The highest BCUT2D eigenvalue weighted by Crippen LogP contribution is 2.32. The summed E-state index contributed by atoms with van der Waals surface area (Å²) in [7, 11) is 3.18. The number of nitrogens with one attached hydrogen (secondary N) is 1. The molecule has 0 radical (unpaired) electrons. The summed E-state index contributed by atoms with van der Waals surface area (Å²) >= 11 is 3.47. The number of amides is 1. The van der Waals surface area contributed by atoms with Gasteiger partial charge < -0.3 is 19.2 Å². The van der Waals surface area contributed by atoms with Crippen molar-refractivity contribution in [3.8, 4) is 23.0 Å². The van der Waals surface area contributed by atoms with Crippen LogP contribution >= 0.6 is 15.9 Å². The standard InChI is InChI=1S/C22H17BrN2O4/c1-27-16-5-3-4-13(10-16)21(26)24-15-7-9-20-18(12-15)25-22(29-20)14-6-8-19(28-2)17(23)11-14/h3-12H,1-2H3,(H,24,26). The monoisotopic (exact) mass is 452 g/mol. The van der Waals surface area contributed by atoms with Crippen LogP contribution in [0.15, 0.2) is 69.6 Å². The maximum absolute atomic E-state index is 12.5. The molecule has 1 heterocycles. The van der Waals surface area contributed by atoms with E-state index in [1.54, 1.807) is 56.7 Å². The summed E-state index contributed by atoms with van der Waals surface area (Å²) in [6.45, 7) is 0. The Labute approximate surface area is 175 Å². The van der Waals surface area contributed by atoms with E-state index in [0.29, 0.717) is 34.0 Å². The maximum Gasteiger partial charge on any atom is 0.255 e. The number of hydrogen-bond acceptors (Lipinski definition) is 5. The molecular weight excluding hydrogens is 436 g/mol. The van der Waals surface area contributed by atoms with Gasteiger partial charge >= 0.3 is 0 Å². The predicted octanol–water partition coefficient (Wildman–Crippen LogP) is 5.53. The first kappa shape index (κ1) is 19.0. The quantitative estimate of drug-likeness (QED) is 0.431. The van der Waals surface area contributed by atoms with E-state index < -0.39 is 0 Å². The van der Waals surface area contributed by atoms with Gasteiger partial charge in [0, 0.05) is 16.8 Å². The number of halogens is 1. The lowest BCUT2D eigenvalue weighted by molar-refractivity contribution is 0.102. The van der Waals surface area contributed by atoms with Crippen LogP contribution in [-0.2, 0) is 0 Å². The van der Waals surface area contributed by atoms with Crippen LogP contribution in [-0.4, -0.2) is 25.1 Å². The highest BCUT2D eigenvalue weighted by molar-refractivity contribution is 9.10. The zero-order chi connectivity index (χ0) is 20.4. The molecule has 1 N–H and O–H groups in total. The molecule has 0 aliphatic heterocycles. The van der Waals surface area contributed by atoms with Crippen LogP contribution in [0, 0.1) is 0 Å². The molecule has 0 fully saturated rings. The molecule has 4 rings (SSSR count). The third kappa shape index (κ3) is 3.95. The second kappa shape index (κ2) is 7.97. The van der Waals surface area contributed by atoms with Crippen molar-refractivity contribution in [2.45, 2.75) is 0 Å². The topological polar surface area (TPSA) is 73.6 Å². The smallest absolute Gasteiger partial charge is 0.255 e. The second-order valence-corrected chi connectivity index (χ2v) is 7.09.